The van der Waals surface area contributed by atoms with Crippen molar-refractivity contribution in [2.24, 2.45) is 0 Å². The summed E-state index contributed by atoms with van der Waals surface area (Å²) in [4.78, 5) is 0. The first-order valence-electron chi connectivity index (χ1n) is 4.77. The molecule has 1 aromatic rings. The lowest BCUT2D eigenvalue weighted by Crippen LogP contribution is -2.21. The van der Waals surface area contributed by atoms with Gasteiger partial charge in [0.05, 0.1) is 0 Å². The van der Waals surface area contributed by atoms with Crippen LogP contribution in [0.25, 0.3) is 0 Å². The molecule has 0 spiro atoms. The summed E-state index contributed by atoms with van der Waals surface area (Å²) in [6.07, 6.45) is 3.34. The first-order valence-corrected chi connectivity index (χ1v) is 4.77. The number of hydrogen-bond acceptors (Lipinski definition) is 1. The molecule has 0 radical (unpaired) electrons. The highest BCUT2D eigenvalue weighted by atomic mass is 19.1. The average molecular weight is 179 g/mol. The van der Waals surface area contributed by atoms with Crippen molar-refractivity contribution in [1.29, 1.82) is 0 Å². The van der Waals surface area contributed by atoms with Crippen LogP contribution in [0.3, 0.4) is 0 Å². The smallest absolute Gasteiger partial charge is 0.123 e. The normalized spacial score (nSPS) is 21.2. The molecule has 70 valence electrons. The standard InChI is InChI=1S/C11H14FN/c1-13-11-4-2-3-8-7-9(12)5-6-10(8)11/h5-7,11,13H,2-4H2,1H3/t11-/m0/s1. The van der Waals surface area contributed by atoms with Crippen molar-refractivity contribution < 1.29 is 4.39 Å². The van der Waals surface area contributed by atoms with Crippen LogP contribution in [0.1, 0.15) is 30.0 Å². The second-order valence-electron chi connectivity index (χ2n) is 3.58. The summed E-state index contributed by atoms with van der Waals surface area (Å²) in [6, 6.07) is 5.54. The number of rotatable bonds is 1. The molecule has 0 bridgehead atoms. The number of hydrogen-bond donors (Lipinski definition) is 1. The minimum absolute atomic E-state index is 0.115. The monoisotopic (exact) mass is 179 g/mol. The van der Waals surface area contributed by atoms with Crippen LogP contribution in [0, 0.1) is 5.82 Å². The maximum Gasteiger partial charge on any atom is 0.123 e. The third-order valence-corrected chi connectivity index (χ3v) is 2.77. The van der Waals surface area contributed by atoms with E-state index in [4.69, 9.17) is 0 Å². The zero-order chi connectivity index (χ0) is 9.26. The van der Waals surface area contributed by atoms with Gasteiger partial charge >= 0.3 is 0 Å². The Morgan fingerprint density at radius 3 is 3.08 bits per heavy atom. The van der Waals surface area contributed by atoms with E-state index in [1.54, 1.807) is 12.1 Å². The van der Waals surface area contributed by atoms with Crippen LogP contribution < -0.4 is 5.32 Å². The Morgan fingerprint density at radius 1 is 1.46 bits per heavy atom. The molecule has 0 fully saturated rings. The summed E-state index contributed by atoms with van der Waals surface area (Å²) >= 11 is 0. The minimum atomic E-state index is -0.115. The van der Waals surface area contributed by atoms with E-state index in [2.05, 4.69) is 5.32 Å². The highest BCUT2D eigenvalue weighted by Gasteiger charge is 2.18. The number of halogens is 1. The zero-order valence-electron chi connectivity index (χ0n) is 7.81. The Kier molecular flexibility index (Phi) is 2.32. The fourth-order valence-corrected chi connectivity index (χ4v) is 2.08. The van der Waals surface area contributed by atoms with E-state index >= 15 is 0 Å². The molecule has 1 aromatic carbocycles. The molecule has 2 heteroatoms. The molecular formula is C11H14FN. The van der Waals surface area contributed by atoms with E-state index in [0.717, 1.165) is 19.3 Å². The Hall–Kier alpha value is -0.890. The third-order valence-electron chi connectivity index (χ3n) is 2.77. The predicted molar refractivity (Wildman–Crippen MR) is 51.1 cm³/mol. The number of benzene rings is 1. The van der Waals surface area contributed by atoms with Gasteiger partial charge in [-0.05, 0) is 49.6 Å². The van der Waals surface area contributed by atoms with Crippen LogP contribution in [0.5, 0.6) is 0 Å². The minimum Gasteiger partial charge on any atom is -0.313 e. The summed E-state index contributed by atoms with van der Waals surface area (Å²) in [5.74, 6) is -0.115. The van der Waals surface area contributed by atoms with Crippen LogP contribution in [0.4, 0.5) is 4.39 Å². The molecule has 1 nitrogen and oxygen atoms in total. The summed E-state index contributed by atoms with van der Waals surface area (Å²) in [6.45, 7) is 0. The largest absolute Gasteiger partial charge is 0.313 e. The van der Waals surface area contributed by atoms with E-state index in [1.807, 2.05) is 13.1 Å². The Labute approximate surface area is 78.0 Å². The van der Waals surface area contributed by atoms with Crippen molar-refractivity contribution in [2.45, 2.75) is 25.3 Å². The van der Waals surface area contributed by atoms with Crippen molar-refractivity contribution in [3.63, 3.8) is 0 Å². The molecule has 1 aliphatic rings. The zero-order valence-corrected chi connectivity index (χ0v) is 7.81. The SMILES string of the molecule is CN[C@H]1CCCc2cc(F)ccc21. The fraction of sp³-hybridized carbons (Fsp3) is 0.455. The molecule has 1 N–H and O–H groups in total. The van der Waals surface area contributed by atoms with Crippen molar-refractivity contribution in [1.82, 2.24) is 5.32 Å². The van der Waals surface area contributed by atoms with E-state index in [9.17, 15) is 4.39 Å². The molecule has 13 heavy (non-hydrogen) atoms. The quantitative estimate of drug-likeness (QED) is 0.698. The average Bonchev–Trinajstić information content (AvgIpc) is 2.16. The van der Waals surface area contributed by atoms with E-state index < -0.39 is 0 Å². The molecule has 0 saturated heterocycles. The highest BCUT2D eigenvalue weighted by Crippen LogP contribution is 2.29. The Balaban J connectivity index is 2.40. The van der Waals surface area contributed by atoms with Crippen LogP contribution in [0.15, 0.2) is 18.2 Å². The Morgan fingerprint density at radius 2 is 2.31 bits per heavy atom. The molecule has 0 aromatic heterocycles. The number of nitrogens with one attached hydrogen (secondary N) is 1. The Bertz CT molecular complexity index is 309. The van der Waals surface area contributed by atoms with Crippen molar-refractivity contribution in [3.05, 3.63) is 35.1 Å². The van der Waals surface area contributed by atoms with Gasteiger partial charge in [-0.3, -0.25) is 0 Å². The molecular weight excluding hydrogens is 165 g/mol. The van der Waals surface area contributed by atoms with Gasteiger partial charge < -0.3 is 5.32 Å². The van der Waals surface area contributed by atoms with Gasteiger partial charge in [-0.2, -0.15) is 0 Å². The van der Waals surface area contributed by atoms with Gasteiger partial charge in [-0.25, -0.2) is 4.39 Å². The van der Waals surface area contributed by atoms with Crippen LogP contribution in [-0.2, 0) is 6.42 Å². The van der Waals surface area contributed by atoms with Crippen molar-refractivity contribution >= 4 is 0 Å². The lowest BCUT2D eigenvalue weighted by atomic mass is 9.88. The lowest BCUT2D eigenvalue weighted by molar-refractivity contribution is 0.493. The molecule has 1 aliphatic carbocycles. The number of fused-ring (bicyclic) bond motifs is 1. The van der Waals surface area contributed by atoms with Gasteiger partial charge in [0.25, 0.3) is 0 Å². The topological polar surface area (TPSA) is 12.0 Å². The van der Waals surface area contributed by atoms with Crippen molar-refractivity contribution in [3.8, 4) is 0 Å². The first-order chi connectivity index (χ1) is 6.31. The summed E-state index contributed by atoms with van der Waals surface area (Å²) < 4.78 is 12.9. The van der Waals surface area contributed by atoms with Gasteiger partial charge in [0, 0.05) is 6.04 Å². The van der Waals surface area contributed by atoms with Crippen molar-refractivity contribution in [2.75, 3.05) is 7.05 Å². The molecule has 0 saturated carbocycles. The van der Waals surface area contributed by atoms with Crippen LogP contribution in [-0.4, -0.2) is 7.05 Å². The summed E-state index contributed by atoms with van der Waals surface area (Å²) in [7, 11) is 1.96. The van der Waals surface area contributed by atoms with E-state index in [-0.39, 0.29) is 5.82 Å². The molecule has 0 aliphatic heterocycles. The molecule has 2 rings (SSSR count). The summed E-state index contributed by atoms with van der Waals surface area (Å²) in [5.41, 5.74) is 2.45. The fourth-order valence-electron chi connectivity index (χ4n) is 2.08. The molecule has 0 unspecified atom stereocenters. The number of aryl methyl sites for hydroxylation is 1. The van der Waals surface area contributed by atoms with Gasteiger partial charge in [0.15, 0.2) is 0 Å². The molecule has 0 heterocycles. The predicted octanol–water partition coefficient (Wildman–Crippen LogP) is 2.42. The lowest BCUT2D eigenvalue weighted by Gasteiger charge is -2.24. The maximum atomic E-state index is 12.9. The first kappa shape index (κ1) is 8.70. The van der Waals surface area contributed by atoms with Gasteiger partial charge in [0.2, 0.25) is 0 Å². The molecule has 1 atom stereocenters. The van der Waals surface area contributed by atoms with Crippen LogP contribution in [0.2, 0.25) is 0 Å². The maximum absolute atomic E-state index is 12.9. The second kappa shape index (κ2) is 3.46. The van der Waals surface area contributed by atoms with E-state index in [1.165, 1.54) is 11.1 Å². The van der Waals surface area contributed by atoms with Gasteiger partial charge in [0.1, 0.15) is 5.82 Å². The third kappa shape index (κ3) is 1.59. The highest BCUT2D eigenvalue weighted by molar-refractivity contribution is 5.32. The molecule has 0 amide bonds. The second-order valence-corrected chi connectivity index (χ2v) is 3.58. The van der Waals surface area contributed by atoms with Crippen LogP contribution >= 0.6 is 0 Å². The van der Waals surface area contributed by atoms with Gasteiger partial charge in [-0.1, -0.05) is 6.07 Å². The summed E-state index contributed by atoms with van der Waals surface area (Å²) in [5, 5.41) is 3.26. The van der Waals surface area contributed by atoms with Gasteiger partial charge in [-0.15, -0.1) is 0 Å². The van der Waals surface area contributed by atoms with E-state index in [0.29, 0.717) is 6.04 Å².